The molecule has 0 radical (unpaired) electrons. The van der Waals surface area contributed by atoms with Gasteiger partial charge in [0.15, 0.2) is 0 Å². The highest BCUT2D eigenvalue weighted by Crippen LogP contribution is 2.14. The molecule has 0 aromatic rings. The van der Waals surface area contributed by atoms with E-state index in [1.54, 1.807) is 13.8 Å². The molecule has 0 aliphatic rings. The van der Waals surface area contributed by atoms with Crippen molar-refractivity contribution in [2.75, 3.05) is 13.2 Å². The fourth-order valence-electron chi connectivity index (χ4n) is 3.61. The number of unbranched alkanes of at least 4 members (excludes halogenated alkanes) is 17. The summed E-state index contributed by atoms with van der Waals surface area (Å²) in [5.74, 6) is -0.308. The van der Waals surface area contributed by atoms with Crippen molar-refractivity contribution >= 4 is 43.8 Å². The van der Waals surface area contributed by atoms with E-state index in [0.29, 0.717) is 13.2 Å². The van der Waals surface area contributed by atoms with E-state index in [1.165, 1.54) is 89.9 Å². The van der Waals surface area contributed by atoms with E-state index in [2.05, 4.69) is 31.9 Å². The molecule has 0 fully saturated rings. The molecule has 0 saturated heterocycles. The summed E-state index contributed by atoms with van der Waals surface area (Å²) in [5.41, 5.74) is 0. The zero-order chi connectivity index (χ0) is 23.9. The standard InChI is InChI=1S/C26H48Br2O4/c1-23(27)25(29)31-21-19-17-15-13-11-9-7-5-3-4-6-8-10-12-14-16-18-20-22-32-26(30)24(2)28/h23-24H,3-22H2,1-2H3. The first kappa shape index (κ1) is 31.9. The number of carbonyl (C=O) groups excluding carboxylic acids is 2. The smallest absolute Gasteiger partial charge is 0.319 e. The minimum atomic E-state index is -0.197. The first-order valence-electron chi connectivity index (χ1n) is 13.1. The number of rotatable bonds is 23. The zero-order valence-corrected chi connectivity index (χ0v) is 23.9. The Balaban J connectivity index is 3.11. The number of hydrogen-bond acceptors (Lipinski definition) is 4. The van der Waals surface area contributed by atoms with Crippen LogP contribution in [-0.4, -0.2) is 34.8 Å². The van der Waals surface area contributed by atoms with Gasteiger partial charge in [-0.05, 0) is 26.7 Å². The summed E-state index contributed by atoms with van der Waals surface area (Å²) < 4.78 is 10.3. The Kier molecular flexibility index (Phi) is 24.0. The van der Waals surface area contributed by atoms with Gasteiger partial charge < -0.3 is 9.47 Å². The molecule has 0 spiro atoms. The van der Waals surface area contributed by atoms with Crippen molar-refractivity contribution in [3.63, 3.8) is 0 Å². The zero-order valence-electron chi connectivity index (χ0n) is 20.7. The molecule has 0 aliphatic carbocycles. The summed E-state index contributed by atoms with van der Waals surface area (Å²) in [7, 11) is 0. The molecule has 2 unspecified atom stereocenters. The monoisotopic (exact) mass is 582 g/mol. The number of esters is 2. The Morgan fingerprint density at radius 3 is 0.844 bits per heavy atom. The lowest BCUT2D eigenvalue weighted by Crippen LogP contribution is -2.14. The first-order valence-corrected chi connectivity index (χ1v) is 14.9. The molecule has 0 N–H and O–H groups in total. The van der Waals surface area contributed by atoms with Gasteiger partial charge >= 0.3 is 11.9 Å². The van der Waals surface area contributed by atoms with Gasteiger partial charge in [0.1, 0.15) is 9.65 Å². The maximum absolute atomic E-state index is 11.3. The van der Waals surface area contributed by atoms with Crippen LogP contribution in [0.4, 0.5) is 0 Å². The van der Waals surface area contributed by atoms with Gasteiger partial charge in [-0.1, -0.05) is 135 Å². The third-order valence-electron chi connectivity index (χ3n) is 5.68. The average molecular weight is 584 g/mol. The van der Waals surface area contributed by atoms with Gasteiger partial charge in [0.25, 0.3) is 0 Å². The second kappa shape index (κ2) is 24.0. The maximum Gasteiger partial charge on any atom is 0.319 e. The number of halogens is 2. The molecule has 0 aromatic heterocycles. The molecule has 6 heteroatoms. The minimum absolute atomic E-state index is 0.154. The van der Waals surface area contributed by atoms with E-state index in [1.807, 2.05) is 0 Å². The number of alkyl halides is 2. The predicted octanol–water partition coefficient (Wildman–Crippen LogP) is 8.66. The van der Waals surface area contributed by atoms with Crippen molar-refractivity contribution in [1.82, 2.24) is 0 Å². The van der Waals surface area contributed by atoms with Crippen molar-refractivity contribution in [3.8, 4) is 0 Å². The Bertz CT molecular complexity index is 402. The van der Waals surface area contributed by atoms with Gasteiger partial charge in [0, 0.05) is 0 Å². The summed E-state index contributed by atoms with van der Waals surface area (Å²) in [6.45, 7) is 4.71. The van der Waals surface area contributed by atoms with Crippen molar-refractivity contribution in [2.45, 2.75) is 139 Å². The predicted molar refractivity (Wildman–Crippen MR) is 142 cm³/mol. The Hall–Kier alpha value is -0.100. The molecule has 32 heavy (non-hydrogen) atoms. The van der Waals surface area contributed by atoms with Crippen LogP contribution < -0.4 is 0 Å². The van der Waals surface area contributed by atoms with Crippen LogP contribution in [0.5, 0.6) is 0 Å². The molecule has 0 saturated carbocycles. The quantitative estimate of drug-likeness (QED) is 0.0685. The summed E-state index contributed by atoms with van der Waals surface area (Å²) >= 11 is 6.44. The lowest BCUT2D eigenvalue weighted by Gasteiger charge is -2.06. The fraction of sp³-hybridized carbons (Fsp3) is 0.923. The largest absolute Gasteiger partial charge is 0.465 e. The summed E-state index contributed by atoms with van der Waals surface area (Å²) in [6, 6.07) is 0. The molecule has 2 atom stereocenters. The van der Waals surface area contributed by atoms with Crippen LogP contribution in [0.3, 0.4) is 0 Å². The van der Waals surface area contributed by atoms with Gasteiger partial charge in [0.2, 0.25) is 0 Å². The molecule has 0 amide bonds. The normalized spacial score (nSPS) is 13.0. The number of hydrogen-bond donors (Lipinski definition) is 0. The third-order valence-corrected chi connectivity index (χ3v) is 6.42. The van der Waals surface area contributed by atoms with Gasteiger partial charge in [-0.25, -0.2) is 0 Å². The Morgan fingerprint density at radius 1 is 0.469 bits per heavy atom. The number of carbonyl (C=O) groups is 2. The van der Waals surface area contributed by atoms with E-state index >= 15 is 0 Å². The highest BCUT2D eigenvalue weighted by molar-refractivity contribution is 9.10. The lowest BCUT2D eigenvalue weighted by molar-refractivity contribution is -0.143. The van der Waals surface area contributed by atoms with E-state index in [-0.39, 0.29) is 21.6 Å². The fourth-order valence-corrected chi connectivity index (χ4v) is 3.87. The molecule has 0 bridgehead atoms. The summed E-state index contributed by atoms with van der Waals surface area (Å²) in [4.78, 5) is 22.2. The van der Waals surface area contributed by atoms with E-state index in [4.69, 9.17) is 9.47 Å². The van der Waals surface area contributed by atoms with Crippen molar-refractivity contribution in [2.24, 2.45) is 0 Å². The van der Waals surface area contributed by atoms with E-state index in [0.717, 1.165) is 25.7 Å². The average Bonchev–Trinajstić information content (AvgIpc) is 2.76. The third kappa shape index (κ3) is 23.1. The van der Waals surface area contributed by atoms with E-state index < -0.39 is 0 Å². The molecule has 0 heterocycles. The minimum Gasteiger partial charge on any atom is -0.465 e. The van der Waals surface area contributed by atoms with Crippen molar-refractivity contribution in [3.05, 3.63) is 0 Å². The van der Waals surface area contributed by atoms with Gasteiger partial charge in [0.05, 0.1) is 13.2 Å². The first-order chi connectivity index (χ1) is 15.4. The van der Waals surface area contributed by atoms with Crippen LogP contribution in [0.1, 0.15) is 129 Å². The highest BCUT2D eigenvalue weighted by Gasteiger charge is 2.09. The molecule has 190 valence electrons. The SMILES string of the molecule is CC(Br)C(=O)OCCCCCCCCCCCCCCCCCCCCOC(=O)C(C)Br. The summed E-state index contributed by atoms with van der Waals surface area (Å²) in [6.07, 6.45) is 23.2. The van der Waals surface area contributed by atoms with E-state index in [9.17, 15) is 9.59 Å². The second-order valence-electron chi connectivity index (χ2n) is 8.93. The van der Waals surface area contributed by atoms with Gasteiger partial charge in [-0.15, -0.1) is 0 Å². The van der Waals surface area contributed by atoms with Gasteiger partial charge in [-0.3, -0.25) is 9.59 Å². The topological polar surface area (TPSA) is 52.6 Å². The molecule has 0 aliphatic heterocycles. The van der Waals surface area contributed by atoms with Crippen molar-refractivity contribution in [1.29, 1.82) is 0 Å². The molecular formula is C26H48Br2O4. The Morgan fingerprint density at radius 2 is 0.656 bits per heavy atom. The molecule has 4 nitrogen and oxygen atoms in total. The molecule has 0 rings (SSSR count). The highest BCUT2D eigenvalue weighted by atomic mass is 79.9. The van der Waals surface area contributed by atoms with Crippen LogP contribution in [0.2, 0.25) is 0 Å². The van der Waals surface area contributed by atoms with Crippen LogP contribution in [0, 0.1) is 0 Å². The summed E-state index contributed by atoms with van der Waals surface area (Å²) in [5, 5.41) is 0. The van der Waals surface area contributed by atoms with Crippen LogP contribution >= 0.6 is 31.9 Å². The number of ether oxygens (including phenoxy) is 2. The molecule has 0 aromatic carbocycles. The maximum atomic E-state index is 11.3. The van der Waals surface area contributed by atoms with Crippen LogP contribution in [0.15, 0.2) is 0 Å². The Labute approximate surface area is 214 Å². The molecular weight excluding hydrogens is 536 g/mol. The van der Waals surface area contributed by atoms with Crippen molar-refractivity contribution < 1.29 is 19.1 Å². The lowest BCUT2D eigenvalue weighted by atomic mass is 10.0. The van der Waals surface area contributed by atoms with Crippen LogP contribution in [0.25, 0.3) is 0 Å². The van der Waals surface area contributed by atoms with Gasteiger partial charge in [-0.2, -0.15) is 0 Å². The second-order valence-corrected chi connectivity index (χ2v) is 11.7. The van der Waals surface area contributed by atoms with Crippen LogP contribution in [-0.2, 0) is 19.1 Å².